The van der Waals surface area contributed by atoms with Gasteiger partial charge in [0.25, 0.3) is 0 Å². The van der Waals surface area contributed by atoms with Crippen molar-refractivity contribution in [1.29, 1.82) is 0 Å². The number of aromatic nitrogens is 3. The molecule has 0 spiro atoms. The molecule has 2 aliphatic heterocycles. The third kappa shape index (κ3) is 5.48. The van der Waals surface area contributed by atoms with Gasteiger partial charge in [-0.1, -0.05) is 24.3 Å². The zero-order chi connectivity index (χ0) is 29.6. The smallest absolute Gasteiger partial charge is 0.408 e. The van der Waals surface area contributed by atoms with Crippen LogP contribution >= 0.6 is 0 Å². The summed E-state index contributed by atoms with van der Waals surface area (Å²) in [5.41, 5.74) is 3.35. The monoisotopic (exact) mass is 583 g/mol. The van der Waals surface area contributed by atoms with Crippen LogP contribution in [0.1, 0.15) is 42.6 Å². The van der Waals surface area contributed by atoms with Crippen molar-refractivity contribution in [3.05, 3.63) is 75.9 Å². The lowest BCUT2D eigenvalue weighted by Gasteiger charge is -2.33. The van der Waals surface area contributed by atoms with Crippen molar-refractivity contribution >= 4 is 17.0 Å². The number of benzene rings is 2. The summed E-state index contributed by atoms with van der Waals surface area (Å²) in [6.07, 6.45) is -3.16. The number of amides is 1. The molecule has 42 heavy (non-hydrogen) atoms. The van der Waals surface area contributed by atoms with Gasteiger partial charge in [0.05, 0.1) is 29.4 Å². The molecule has 222 valence electrons. The molecular weight excluding hydrogens is 551 g/mol. The summed E-state index contributed by atoms with van der Waals surface area (Å²) in [4.78, 5) is 28.5. The number of alkyl halides is 3. The van der Waals surface area contributed by atoms with Crippen LogP contribution in [0.4, 0.5) is 13.2 Å². The topological polar surface area (TPSA) is 96.7 Å². The average molecular weight is 584 g/mol. The number of aliphatic hydroxyl groups is 1. The van der Waals surface area contributed by atoms with E-state index >= 15 is 0 Å². The van der Waals surface area contributed by atoms with Gasteiger partial charge in [-0.15, -0.1) is 0 Å². The van der Waals surface area contributed by atoms with Crippen LogP contribution in [-0.2, 0) is 30.5 Å². The maximum Gasteiger partial charge on any atom is 0.420 e. The molecule has 0 bridgehead atoms. The number of rotatable bonds is 6. The molecule has 1 saturated heterocycles. The molecule has 1 fully saturated rings. The average Bonchev–Trinajstić information content (AvgIpc) is 3.49. The van der Waals surface area contributed by atoms with Crippen LogP contribution in [0.3, 0.4) is 0 Å². The van der Waals surface area contributed by atoms with E-state index in [-0.39, 0.29) is 24.2 Å². The molecule has 2 aliphatic rings. The molecule has 9 nitrogen and oxygen atoms in total. The quantitative estimate of drug-likeness (QED) is 0.368. The Morgan fingerprint density at radius 1 is 1.07 bits per heavy atom. The number of β-amino-alcohol motifs (C(OH)–C–C–N with tert-alkyl or cyclic N) is 1. The lowest BCUT2D eigenvalue weighted by molar-refractivity contribution is -0.137. The Kier molecular flexibility index (Phi) is 7.44. The molecular formula is C30H32F3N5O4. The third-order valence-corrected chi connectivity index (χ3v) is 8.36. The molecule has 12 heteroatoms. The highest BCUT2D eigenvalue weighted by molar-refractivity contribution is 5.75. The summed E-state index contributed by atoms with van der Waals surface area (Å²) in [7, 11) is 0. The summed E-state index contributed by atoms with van der Waals surface area (Å²) in [5, 5.41) is 15.8. The van der Waals surface area contributed by atoms with E-state index in [1.165, 1.54) is 19.1 Å². The number of fused-ring (bicyclic) bond motifs is 2. The Morgan fingerprint density at radius 2 is 1.79 bits per heavy atom. The standard InChI is InChI=1S/C30H32F3N5O4/c1-19(39)36-15-12-25-24(18-36)28(20-6-8-21(9-7-20)30(31,32)33)34-37(25)17-23(40)16-35-13-10-22(11-14-35)38-26-4-2-3-5-27(26)42-29(38)41/h2-9,22-23,40H,10-18H2,1H3. The predicted molar refractivity (Wildman–Crippen MR) is 149 cm³/mol. The fourth-order valence-corrected chi connectivity index (χ4v) is 6.20. The molecule has 2 aromatic heterocycles. The summed E-state index contributed by atoms with van der Waals surface area (Å²) in [6, 6.07) is 12.3. The molecule has 0 radical (unpaired) electrons. The zero-order valence-electron chi connectivity index (χ0n) is 23.2. The maximum atomic E-state index is 13.1. The highest BCUT2D eigenvalue weighted by atomic mass is 19.4. The Labute approximate surface area is 239 Å². The van der Waals surface area contributed by atoms with Crippen molar-refractivity contribution in [2.45, 2.75) is 57.6 Å². The van der Waals surface area contributed by atoms with E-state index in [9.17, 15) is 27.9 Å². The first-order valence-electron chi connectivity index (χ1n) is 14.1. The highest BCUT2D eigenvalue weighted by Gasteiger charge is 2.32. The van der Waals surface area contributed by atoms with Crippen molar-refractivity contribution in [1.82, 2.24) is 24.1 Å². The van der Waals surface area contributed by atoms with Gasteiger partial charge in [-0.05, 0) is 37.1 Å². The Balaban J connectivity index is 1.16. The summed E-state index contributed by atoms with van der Waals surface area (Å²) in [6.45, 7) is 4.35. The third-order valence-electron chi connectivity index (χ3n) is 8.36. The Morgan fingerprint density at radius 3 is 2.48 bits per heavy atom. The van der Waals surface area contributed by atoms with Gasteiger partial charge in [0.15, 0.2) is 5.58 Å². The molecule has 0 saturated carbocycles. The van der Waals surface area contributed by atoms with Crippen molar-refractivity contribution in [3.8, 4) is 11.3 Å². The minimum Gasteiger partial charge on any atom is -0.408 e. The number of likely N-dealkylation sites (tertiary alicyclic amines) is 1. The summed E-state index contributed by atoms with van der Waals surface area (Å²) < 4.78 is 48.3. The second kappa shape index (κ2) is 11.1. The van der Waals surface area contributed by atoms with E-state index in [0.717, 1.165) is 41.7 Å². The number of aliphatic hydroxyl groups excluding tert-OH is 1. The van der Waals surface area contributed by atoms with E-state index in [4.69, 9.17) is 9.52 Å². The lowest BCUT2D eigenvalue weighted by Crippen LogP contribution is -2.42. The first-order valence-corrected chi connectivity index (χ1v) is 14.1. The number of carbonyl (C=O) groups is 1. The SMILES string of the molecule is CC(=O)N1CCc2c(c(-c3ccc(C(F)(F)F)cc3)nn2CC(O)CN2CCC(n3c(=O)oc4ccccc43)CC2)C1. The van der Waals surface area contributed by atoms with Gasteiger partial charge in [-0.3, -0.25) is 14.0 Å². The van der Waals surface area contributed by atoms with E-state index in [0.29, 0.717) is 56.0 Å². The van der Waals surface area contributed by atoms with Crippen molar-refractivity contribution in [2.75, 3.05) is 26.2 Å². The van der Waals surface area contributed by atoms with Crippen LogP contribution in [-0.4, -0.2) is 67.4 Å². The summed E-state index contributed by atoms with van der Waals surface area (Å²) >= 11 is 0. The minimum atomic E-state index is -4.44. The first-order chi connectivity index (χ1) is 20.1. The number of para-hydroxylation sites is 2. The molecule has 1 amide bonds. The number of hydrogen-bond donors (Lipinski definition) is 1. The number of carbonyl (C=O) groups excluding carboxylic acids is 1. The molecule has 1 unspecified atom stereocenters. The number of hydrogen-bond acceptors (Lipinski definition) is 6. The first kappa shape index (κ1) is 28.2. The second-order valence-electron chi connectivity index (χ2n) is 11.1. The fourth-order valence-electron chi connectivity index (χ4n) is 6.20. The highest BCUT2D eigenvalue weighted by Crippen LogP contribution is 2.34. The molecule has 2 aromatic carbocycles. The maximum absolute atomic E-state index is 13.1. The van der Waals surface area contributed by atoms with Gasteiger partial charge in [0, 0.05) is 68.9 Å². The zero-order valence-corrected chi connectivity index (χ0v) is 23.2. The van der Waals surface area contributed by atoms with Crippen LogP contribution in [0.15, 0.2) is 57.7 Å². The van der Waals surface area contributed by atoms with Crippen molar-refractivity contribution < 1.29 is 27.5 Å². The molecule has 6 rings (SSSR count). The van der Waals surface area contributed by atoms with Gasteiger partial charge in [0.1, 0.15) is 0 Å². The minimum absolute atomic E-state index is 0.0168. The molecule has 0 aliphatic carbocycles. The van der Waals surface area contributed by atoms with E-state index < -0.39 is 17.8 Å². The van der Waals surface area contributed by atoms with Crippen LogP contribution in [0.25, 0.3) is 22.4 Å². The number of halogens is 3. The van der Waals surface area contributed by atoms with Crippen LogP contribution in [0.2, 0.25) is 0 Å². The molecule has 1 atom stereocenters. The Bertz CT molecular complexity index is 1650. The van der Waals surface area contributed by atoms with Gasteiger partial charge in [-0.25, -0.2) is 4.79 Å². The van der Waals surface area contributed by atoms with E-state index in [1.54, 1.807) is 20.2 Å². The predicted octanol–water partition coefficient (Wildman–Crippen LogP) is 4.08. The number of piperidine rings is 1. The molecule has 4 aromatic rings. The van der Waals surface area contributed by atoms with E-state index in [2.05, 4.69) is 4.90 Å². The van der Waals surface area contributed by atoms with Gasteiger partial charge < -0.3 is 19.3 Å². The van der Waals surface area contributed by atoms with Gasteiger partial charge in [0.2, 0.25) is 5.91 Å². The van der Waals surface area contributed by atoms with Gasteiger partial charge >= 0.3 is 11.9 Å². The van der Waals surface area contributed by atoms with Crippen LogP contribution in [0.5, 0.6) is 0 Å². The lowest BCUT2D eigenvalue weighted by atomic mass is 10.00. The number of nitrogens with zero attached hydrogens (tertiary/aromatic N) is 5. The largest absolute Gasteiger partial charge is 0.420 e. The second-order valence-corrected chi connectivity index (χ2v) is 11.1. The Hall–Kier alpha value is -3.90. The van der Waals surface area contributed by atoms with E-state index in [1.807, 2.05) is 18.2 Å². The van der Waals surface area contributed by atoms with Crippen molar-refractivity contribution in [2.24, 2.45) is 0 Å². The molecule has 4 heterocycles. The fraction of sp³-hybridized carbons (Fsp3) is 0.433. The summed E-state index contributed by atoms with van der Waals surface area (Å²) in [5.74, 6) is -0.439. The normalized spacial score (nSPS) is 17.5. The molecule has 1 N–H and O–H groups in total. The van der Waals surface area contributed by atoms with Crippen molar-refractivity contribution in [3.63, 3.8) is 0 Å². The van der Waals surface area contributed by atoms with Crippen LogP contribution < -0.4 is 5.76 Å². The number of oxazole rings is 1. The van der Waals surface area contributed by atoms with Gasteiger partial charge in [-0.2, -0.15) is 18.3 Å². The van der Waals surface area contributed by atoms with Crippen LogP contribution in [0, 0.1) is 0 Å².